The van der Waals surface area contributed by atoms with Crippen molar-refractivity contribution in [3.63, 3.8) is 0 Å². The summed E-state index contributed by atoms with van der Waals surface area (Å²) in [5.41, 5.74) is 2.31. The van der Waals surface area contributed by atoms with E-state index in [1.54, 1.807) is 0 Å². The summed E-state index contributed by atoms with van der Waals surface area (Å²) in [6.07, 6.45) is 0.103. The molecule has 112 valence electrons. The third kappa shape index (κ3) is 3.63. The summed E-state index contributed by atoms with van der Waals surface area (Å²) in [5, 5.41) is 8.80. The van der Waals surface area contributed by atoms with Crippen LogP contribution >= 0.6 is 0 Å². The lowest BCUT2D eigenvalue weighted by Crippen LogP contribution is -2.48. The molecule has 4 heteroatoms. The summed E-state index contributed by atoms with van der Waals surface area (Å²) in [4.78, 5) is 14.5. The number of nitrogens with zero attached hydrogens (tertiary/aromatic N) is 1. The predicted molar refractivity (Wildman–Crippen MR) is 81.1 cm³/mol. The quantitative estimate of drug-likeness (QED) is 0.798. The lowest BCUT2D eigenvalue weighted by molar-refractivity contribution is -0.0586. The zero-order valence-electron chi connectivity index (χ0n) is 12.7. The molecule has 0 aliphatic carbocycles. The van der Waals surface area contributed by atoms with Gasteiger partial charge < -0.3 is 14.7 Å². The highest BCUT2D eigenvalue weighted by Crippen LogP contribution is 2.18. The summed E-state index contributed by atoms with van der Waals surface area (Å²) in [5.74, 6) is 5.52. The topological polar surface area (TPSA) is 49.8 Å². The first-order valence-corrected chi connectivity index (χ1v) is 7.17. The molecule has 2 rings (SSSR count). The van der Waals surface area contributed by atoms with Gasteiger partial charge in [-0.15, -0.1) is 0 Å². The molecule has 0 radical (unpaired) electrons. The third-order valence-corrected chi connectivity index (χ3v) is 3.57. The molecule has 1 fully saturated rings. The number of benzene rings is 1. The number of aliphatic hydroxyl groups excluding tert-OH is 1. The number of aliphatic hydroxyl groups is 1. The number of rotatable bonds is 1. The maximum atomic E-state index is 12.7. The minimum absolute atomic E-state index is 0.0159. The van der Waals surface area contributed by atoms with E-state index < -0.39 is 0 Å². The van der Waals surface area contributed by atoms with E-state index in [9.17, 15) is 4.79 Å². The van der Waals surface area contributed by atoms with E-state index in [0.29, 0.717) is 18.7 Å². The fourth-order valence-corrected chi connectivity index (χ4v) is 2.65. The highest BCUT2D eigenvalue weighted by Gasteiger charge is 2.27. The molecule has 0 aromatic heterocycles. The highest BCUT2D eigenvalue weighted by atomic mass is 16.5. The van der Waals surface area contributed by atoms with Crippen molar-refractivity contribution in [2.24, 2.45) is 0 Å². The molecule has 0 saturated carbocycles. The van der Waals surface area contributed by atoms with Crippen LogP contribution in [0.3, 0.4) is 0 Å². The van der Waals surface area contributed by atoms with Gasteiger partial charge in [0, 0.05) is 24.2 Å². The van der Waals surface area contributed by atoms with Crippen LogP contribution in [0.5, 0.6) is 0 Å². The van der Waals surface area contributed by atoms with Crippen molar-refractivity contribution in [3.05, 3.63) is 34.9 Å². The molecule has 1 aromatic carbocycles. The highest BCUT2D eigenvalue weighted by molar-refractivity contribution is 5.96. The largest absolute Gasteiger partial charge is 0.384 e. The smallest absolute Gasteiger partial charge is 0.254 e. The number of morpholine rings is 1. The number of carbonyl (C=O) groups excluding carboxylic acids is 1. The van der Waals surface area contributed by atoms with Gasteiger partial charge in [0.05, 0.1) is 12.2 Å². The van der Waals surface area contributed by atoms with Crippen LogP contribution in [0.25, 0.3) is 0 Å². The Morgan fingerprint density at radius 1 is 1.38 bits per heavy atom. The average Bonchev–Trinajstić information content (AvgIpc) is 2.44. The van der Waals surface area contributed by atoms with Crippen molar-refractivity contribution in [2.75, 3.05) is 19.7 Å². The summed E-state index contributed by atoms with van der Waals surface area (Å²) in [7, 11) is 0. The predicted octanol–water partition coefficient (Wildman–Crippen LogP) is 1.59. The van der Waals surface area contributed by atoms with Crippen LogP contribution in [0.4, 0.5) is 0 Å². The van der Waals surface area contributed by atoms with E-state index in [0.717, 1.165) is 11.1 Å². The summed E-state index contributed by atoms with van der Waals surface area (Å²) < 4.78 is 5.67. The maximum Gasteiger partial charge on any atom is 0.254 e. The third-order valence-electron chi connectivity index (χ3n) is 3.57. The number of hydrogen-bond acceptors (Lipinski definition) is 3. The monoisotopic (exact) mass is 287 g/mol. The number of amides is 1. The van der Waals surface area contributed by atoms with Crippen LogP contribution in [-0.4, -0.2) is 47.8 Å². The molecule has 2 atom stereocenters. The van der Waals surface area contributed by atoms with Gasteiger partial charge in [-0.05, 0) is 38.5 Å². The van der Waals surface area contributed by atoms with E-state index in [4.69, 9.17) is 9.84 Å². The van der Waals surface area contributed by atoms with E-state index in [1.165, 1.54) is 0 Å². The number of ether oxygens (including phenoxy) is 1. The maximum absolute atomic E-state index is 12.7. The Bertz CT molecular complexity index is 575. The van der Waals surface area contributed by atoms with Crippen LogP contribution in [0.1, 0.15) is 35.3 Å². The molecule has 1 aromatic rings. The Hall–Kier alpha value is -1.83. The molecule has 1 N–H and O–H groups in total. The number of carbonyl (C=O) groups is 1. The first-order valence-electron chi connectivity index (χ1n) is 7.17. The molecule has 4 nitrogen and oxygen atoms in total. The first-order chi connectivity index (χ1) is 10.0. The fourth-order valence-electron chi connectivity index (χ4n) is 2.65. The van der Waals surface area contributed by atoms with Crippen molar-refractivity contribution in [1.82, 2.24) is 4.90 Å². The second-order valence-corrected chi connectivity index (χ2v) is 5.41. The average molecular weight is 287 g/mol. The minimum Gasteiger partial charge on any atom is -0.384 e. The van der Waals surface area contributed by atoms with Gasteiger partial charge in [-0.2, -0.15) is 0 Å². The van der Waals surface area contributed by atoms with E-state index in [2.05, 4.69) is 11.8 Å². The van der Waals surface area contributed by atoms with Gasteiger partial charge in [-0.25, -0.2) is 0 Å². The Morgan fingerprint density at radius 2 is 2.05 bits per heavy atom. The minimum atomic E-state index is -0.184. The van der Waals surface area contributed by atoms with Crippen molar-refractivity contribution >= 4 is 5.91 Å². The fraction of sp³-hybridized carbons (Fsp3) is 0.471. The van der Waals surface area contributed by atoms with Crippen LogP contribution in [0, 0.1) is 18.8 Å². The van der Waals surface area contributed by atoms with E-state index >= 15 is 0 Å². The van der Waals surface area contributed by atoms with Gasteiger partial charge in [-0.3, -0.25) is 4.79 Å². The number of hydrogen-bond donors (Lipinski definition) is 1. The first kappa shape index (κ1) is 15.6. The van der Waals surface area contributed by atoms with Crippen LogP contribution < -0.4 is 0 Å². The molecule has 1 aliphatic heterocycles. The van der Waals surface area contributed by atoms with Crippen molar-refractivity contribution in [3.8, 4) is 11.8 Å². The Labute approximate surface area is 125 Å². The second-order valence-electron chi connectivity index (χ2n) is 5.41. The molecule has 1 aliphatic rings. The van der Waals surface area contributed by atoms with Gasteiger partial charge in [-0.1, -0.05) is 17.9 Å². The summed E-state index contributed by atoms with van der Waals surface area (Å²) in [6, 6.07) is 5.51. The molecular formula is C17H21NO3. The second kappa shape index (κ2) is 6.75. The molecule has 1 amide bonds. The van der Waals surface area contributed by atoms with Crippen LogP contribution in [0.2, 0.25) is 0 Å². The standard InChI is InChI=1S/C17H21NO3/c1-12-10-18(11-13(2)21-12)17(20)16-8-4-6-15(14(16)3)7-5-9-19/h4,6,8,12-13,19H,9-11H2,1-3H3. The zero-order chi connectivity index (χ0) is 15.4. The molecule has 1 saturated heterocycles. The van der Waals surface area contributed by atoms with Crippen LogP contribution in [0.15, 0.2) is 18.2 Å². The molecule has 21 heavy (non-hydrogen) atoms. The van der Waals surface area contributed by atoms with Crippen molar-refractivity contribution < 1.29 is 14.6 Å². The Balaban J connectivity index is 2.27. The van der Waals surface area contributed by atoms with Gasteiger partial charge in [0.25, 0.3) is 5.91 Å². The van der Waals surface area contributed by atoms with E-state index in [-0.39, 0.29) is 24.7 Å². The normalized spacial score (nSPS) is 21.6. The lowest BCUT2D eigenvalue weighted by atomic mass is 10.0. The summed E-state index contributed by atoms with van der Waals surface area (Å²) in [6.45, 7) is 6.88. The SMILES string of the molecule is Cc1c(C#CCO)cccc1C(=O)N1CC(C)OC(C)C1. The van der Waals surface area contributed by atoms with Gasteiger partial charge in [0.2, 0.25) is 0 Å². The van der Waals surface area contributed by atoms with Crippen LogP contribution in [-0.2, 0) is 4.74 Å². The summed E-state index contributed by atoms with van der Waals surface area (Å²) >= 11 is 0. The molecule has 2 unspecified atom stereocenters. The Kier molecular flexibility index (Phi) is 5.00. The van der Waals surface area contributed by atoms with Gasteiger partial charge in [0.1, 0.15) is 6.61 Å². The van der Waals surface area contributed by atoms with Gasteiger partial charge >= 0.3 is 0 Å². The zero-order valence-corrected chi connectivity index (χ0v) is 12.7. The molecule has 0 spiro atoms. The van der Waals surface area contributed by atoms with Crippen molar-refractivity contribution in [2.45, 2.75) is 33.0 Å². The van der Waals surface area contributed by atoms with Gasteiger partial charge in [0.15, 0.2) is 0 Å². The Morgan fingerprint density at radius 3 is 2.67 bits per heavy atom. The van der Waals surface area contributed by atoms with E-state index in [1.807, 2.05) is 43.9 Å². The molecular weight excluding hydrogens is 266 g/mol. The molecule has 1 heterocycles. The van der Waals surface area contributed by atoms with Crippen molar-refractivity contribution in [1.29, 1.82) is 0 Å². The molecule has 0 bridgehead atoms. The lowest BCUT2D eigenvalue weighted by Gasteiger charge is -2.35.